The van der Waals surface area contributed by atoms with Crippen LogP contribution in [0.15, 0.2) is 36.4 Å². The molecule has 2 rings (SSSR count). The van der Waals surface area contributed by atoms with Gasteiger partial charge in [0.15, 0.2) is 0 Å². The largest absolute Gasteiger partial charge is 0.478 e. The van der Waals surface area contributed by atoms with Gasteiger partial charge in [0.1, 0.15) is 0 Å². The molecule has 3 nitrogen and oxygen atoms in total. The van der Waals surface area contributed by atoms with E-state index in [1.54, 1.807) is 12.1 Å². The maximum atomic E-state index is 10.8. The Morgan fingerprint density at radius 1 is 1.10 bits per heavy atom. The van der Waals surface area contributed by atoms with Crippen LogP contribution in [0.25, 0.3) is 0 Å². The summed E-state index contributed by atoms with van der Waals surface area (Å²) in [6.07, 6.45) is 0. The van der Waals surface area contributed by atoms with Crippen molar-refractivity contribution in [2.24, 2.45) is 0 Å². The number of carboxylic acid groups (broad SMARTS) is 1. The molecule has 2 aromatic rings. The Hall–Kier alpha value is -1.65. The summed E-state index contributed by atoms with van der Waals surface area (Å²) in [4.78, 5) is 13.5. The van der Waals surface area contributed by atoms with Crippen LogP contribution in [0.5, 0.6) is 0 Å². The SMILES string of the molecule is CC(C)(C)c1ccc(CNCc2ccc(C(=O)O)cc2)s1. The highest BCUT2D eigenvalue weighted by Gasteiger charge is 2.15. The number of carbonyl (C=O) groups is 1. The molecule has 0 aliphatic carbocycles. The van der Waals surface area contributed by atoms with Crippen LogP contribution >= 0.6 is 11.3 Å². The monoisotopic (exact) mass is 303 g/mol. The Kier molecular flexibility index (Phi) is 4.80. The van der Waals surface area contributed by atoms with E-state index in [9.17, 15) is 4.79 Å². The third kappa shape index (κ3) is 4.41. The standard InChI is InChI=1S/C17H21NO2S/c1-17(2,3)15-9-8-14(21-15)11-18-10-12-4-6-13(7-5-12)16(19)20/h4-9,18H,10-11H2,1-3H3,(H,19,20). The van der Waals surface area contributed by atoms with E-state index in [0.29, 0.717) is 5.56 Å². The minimum Gasteiger partial charge on any atom is -0.478 e. The normalized spacial score (nSPS) is 11.6. The highest BCUT2D eigenvalue weighted by Crippen LogP contribution is 2.29. The van der Waals surface area contributed by atoms with E-state index in [1.807, 2.05) is 23.5 Å². The van der Waals surface area contributed by atoms with Gasteiger partial charge >= 0.3 is 5.97 Å². The number of nitrogens with one attached hydrogen (secondary N) is 1. The molecular formula is C17H21NO2S. The van der Waals surface area contributed by atoms with E-state index in [2.05, 4.69) is 38.2 Å². The Morgan fingerprint density at radius 3 is 2.29 bits per heavy atom. The highest BCUT2D eigenvalue weighted by molar-refractivity contribution is 7.12. The molecule has 0 aliphatic rings. The van der Waals surface area contributed by atoms with Gasteiger partial charge in [0.25, 0.3) is 0 Å². The average molecular weight is 303 g/mol. The first-order valence-electron chi connectivity index (χ1n) is 6.98. The van der Waals surface area contributed by atoms with Crippen molar-refractivity contribution < 1.29 is 9.90 Å². The average Bonchev–Trinajstić information content (AvgIpc) is 2.88. The molecule has 0 saturated heterocycles. The van der Waals surface area contributed by atoms with Gasteiger partial charge in [0, 0.05) is 22.8 Å². The van der Waals surface area contributed by atoms with Crippen LogP contribution in [-0.4, -0.2) is 11.1 Å². The van der Waals surface area contributed by atoms with Gasteiger partial charge in [-0.2, -0.15) is 0 Å². The minimum absolute atomic E-state index is 0.204. The van der Waals surface area contributed by atoms with E-state index < -0.39 is 5.97 Å². The molecule has 0 saturated carbocycles. The van der Waals surface area contributed by atoms with Crippen molar-refractivity contribution in [1.29, 1.82) is 0 Å². The molecule has 0 aliphatic heterocycles. The van der Waals surface area contributed by atoms with Crippen LogP contribution in [0.3, 0.4) is 0 Å². The van der Waals surface area contributed by atoms with E-state index in [0.717, 1.165) is 18.7 Å². The van der Waals surface area contributed by atoms with E-state index in [-0.39, 0.29) is 5.41 Å². The van der Waals surface area contributed by atoms with Gasteiger partial charge in [-0.25, -0.2) is 4.79 Å². The fourth-order valence-electron chi connectivity index (χ4n) is 1.97. The summed E-state index contributed by atoms with van der Waals surface area (Å²) in [5.74, 6) is -0.886. The lowest BCUT2D eigenvalue weighted by molar-refractivity contribution is 0.0697. The Morgan fingerprint density at radius 2 is 1.76 bits per heavy atom. The second-order valence-electron chi connectivity index (χ2n) is 6.12. The third-order valence-corrected chi connectivity index (χ3v) is 4.74. The Balaban J connectivity index is 1.86. The number of rotatable bonds is 5. The van der Waals surface area contributed by atoms with Crippen LogP contribution in [0.4, 0.5) is 0 Å². The van der Waals surface area contributed by atoms with Crippen molar-refractivity contribution in [2.75, 3.05) is 0 Å². The maximum Gasteiger partial charge on any atom is 0.335 e. The zero-order valence-electron chi connectivity index (χ0n) is 12.6. The molecule has 0 amide bonds. The van der Waals surface area contributed by atoms with Gasteiger partial charge in [-0.3, -0.25) is 0 Å². The van der Waals surface area contributed by atoms with Crippen LogP contribution < -0.4 is 5.32 Å². The van der Waals surface area contributed by atoms with Crippen molar-refractivity contribution in [1.82, 2.24) is 5.32 Å². The van der Waals surface area contributed by atoms with E-state index in [4.69, 9.17) is 5.11 Å². The predicted molar refractivity (Wildman–Crippen MR) is 87.0 cm³/mol. The summed E-state index contributed by atoms with van der Waals surface area (Å²) < 4.78 is 0. The van der Waals surface area contributed by atoms with Crippen molar-refractivity contribution >= 4 is 17.3 Å². The Bertz CT molecular complexity index is 608. The van der Waals surface area contributed by atoms with Crippen LogP contribution in [-0.2, 0) is 18.5 Å². The van der Waals surface area contributed by atoms with Crippen molar-refractivity contribution in [3.8, 4) is 0 Å². The first-order valence-corrected chi connectivity index (χ1v) is 7.80. The topological polar surface area (TPSA) is 49.3 Å². The molecule has 0 fully saturated rings. The molecule has 112 valence electrons. The van der Waals surface area contributed by atoms with Crippen molar-refractivity contribution in [2.45, 2.75) is 39.3 Å². The van der Waals surface area contributed by atoms with Crippen LogP contribution in [0.2, 0.25) is 0 Å². The molecule has 0 spiro atoms. The number of thiophene rings is 1. The van der Waals surface area contributed by atoms with Gasteiger partial charge in [-0.1, -0.05) is 32.9 Å². The fraction of sp³-hybridized carbons (Fsp3) is 0.353. The minimum atomic E-state index is -0.886. The van der Waals surface area contributed by atoms with E-state index >= 15 is 0 Å². The molecule has 1 aromatic heterocycles. The predicted octanol–water partition coefficient (Wildman–Crippen LogP) is 4.03. The van der Waals surface area contributed by atoms with E-state index in [1.165, 1.54) is 9.75 Å². The van der Waals surface area contributed by atoms with Crippen molar-refractivity contribution in [3.63, 3.8) is 0 Å². The summed E-state index contributed by atoms with van der Waals surface area (Å²) in [5, 5.41) is 12.2. The molecule has 21 heavy (non-hydrogen) atoms. The first kappa shape index (κ1) is 15.7. The summed E-state index contributed by atoms with van der Waals surface area (Å²) >= 11 is 1.84. The zero-order valence-corrected chi connectivity index (χ0v) is 13.5. The summed E-state index contributed by atoms with van der Waals surface area (Å²) in [5.41, 5.74) is 1.62. The summed E-state index contributed by atoms with van der Waals surface area (Å²) in [6, 6.07) is 11.4. The Labute approximate surface area is 129 Å². The number of hydrogen-bond acceptors (Lipinski definition) is 3. The second kappa shape index (κ2) is 6.41. The smallest absolute Gasteiger partial charge is 0.335 e. The quantitative estimate of drug-likeness (QED) is 0.876. The van der Waals surface area contributed by atoms with Gasteiger partial charge < -0.3 is 10.4 Å². The van der Waals surface area contributed by atoms with Crippen LogP contribution in [0, 0.1) is 0 Å². The lowest BCUT2D eigenvalue weighted by Crippen LogP contribution is -2.12. The first-order chi connectivity index (χ1) is 9.86. The molecule has 0 bridgehead atoms. The molecule has 4 heteroatoms. The summed E-state index contributed by atoms with van der Waals surface area (Å²) in [7, 11) is 0. The molecule has 0 radical (unpaired) electrons. The lowest BCUT2D eigenvalue weighted by atomic mass is 9.95. The van der Waals surface area contributed by atoms with Gasteiger partial charge in [-0.15, -0.1) is 11.3 Å². The molecular weight excluding hydrogens is 282 g/mol. The molecule has 1 aromatic carbocycles. The fourth-order valence-corrected chi connectivity index (χ4v) is 3.01. The molecule has 0 unspecified atom stereocenters. The molecule has 1 heterocycles. The van der Waals surface area contributed by atoms with Gasteiger partial charge in [-0.05, 0) is 35.2 Å². The van der Waals surface area contributed by atoms with Crippen LogP contribution in [0.1, 0.15) is 46.4 Å². The zero-order chi connectivity index (χ0) is 15.5. The third-order valence-electron chi connectivity index (χ3n) is 3.23. The number of hydrogen-bond donors (Lipinski definition) is 2. The number of benzene rings is 1. The van der Waals surface area contributed by atoms with Gasteiger partial charge in [0.05, 0.1) is 5.56 Å². The molecule has 0 atom stereocenters. The van der Waals surface area contributed by atoms with Gasteiger partial charge in [0.2, 0.25) is 0 Å². The molecule has 2 N–H and O–H groups in total. The van der Waals surface area contributed by atoms with Crippen molar-refractivity contribution in [3.05, 3.63) is 57.3 Å². The highest BCUT2D eigenvalue weighted by atomic mass is 32.1. The summed E-state index contributed by atoms with van der Waals surface area (Å²) in [6.45, 7) is 8.24. The maximum absolute atomic E-state index is 10.8. The number of aromatic carboxylic acids is 1. The number of carboxylic acids is 1. The lowest BCUT2D eigenvalue weighted by Gasteiger charge is -2.15. The second-order valence-corrected chi connectivity index (χ2v) is 7.29.